The second-order valence-electron chi connectivity index (χ2n) is 9.61. The largest absolute Gasteiger partial charge is 0.501 e. The van der Waals surface area contributed by atoms with Gasteiger partial charge >= 0.3 is 0 Å². The molecule has 0 saturated heterocycles. The van der Waals surface area contributed by atoms with Gasteiger partial charge in [-0.15, -0.1) is 54.1 Å². The maximum absolute atomic E-state index is 6.25. The van der Waals surface area contributed by atoms with Crippen molar-refractivity contribution in [3.8, 4) is 28.3 Å². The first-order chi connectivity index (χ1) is 20.3. The molecule has 205 valence electrons. The van der Waals surface area contributed by atoms with Gasteiger partial charge in [-0.3, -0.25) is 9.97 Å². The van der Waals surface area contributed by atoms with Crippen molar-refractivity contribution in [2.75, 3.05) is 0 Å². The van der Waals surface area contributed by atoms with E-state index in [1.807, 2.05) is 104 Å². The van der Waals surface area contributed by atoms with E-state index in [2.05, 4.69) is 50.9 Å². The molecule has 42 heavy (non-hydrogen) atoms. The number of nitrogens with zero attached hydrogens (tertiary/aromatic N) is 4. The molecule has 0 aliphatic carbocycles. The van der Waals surface area contributed by atoms with Gasteiger partial charge in [0.2, 0.25) is 0 Å². The summed E-state index contributed by atoms with van der Waals surface area (Å²) in [6, 6.07) is 44.6. The first-order valence-corrected chi connectivity index (χ1v) is 13.4. The SMILES string of the molecule is Cc1cc2c(cn1)nc(-c1[c-]ccc3c1oc1ccccc13)n2-c1ccccc1.[Ir].[c-]1ccccc1-c1ccccn1. The minimum Gasteiger partial charge on any atom is -0.501 e. The van der Waals surface area contributed by atoms with E-state index in [0.717, 1.165) is 67.0 Å². The molecule has 0 unspecified atom stereocenters. The average molecular weight is 721 g/mol. The maximum atomic E-state index is 6.25. The molecule has 4 aromatic carbocycles. The Bertz CT molecular complexity index is 2070. The number of imidazole rings is 1. The molecule has 8 rings (SSSR count). The Labute approximate surface area is 256 Å². The quantitative estimate of drug-likeness (QED) is 0.172. The van der Waals surface area contributed by atoms with Crippen LogP contribution in [0.5, 0.6) is 0 Å². The number of aryl methyl sites for hydroxylation is 1. The molecule has 0 fully saturated rings. The summed E-state index contributed by atoms with van der Waals surface area (Å²) in [6.07, 6.45) is 3.61. The van der Waals surface area contributed by atoms with Crippen molar-refractivity contribution in [1.29, 1.82) is 0 Å². The van der Waals surface area contributed by atoms with Gasteiger partial charge in [0.05, 0.1) is 28.6 Å². The third-order valence-corrected chi connectivity index (χ3v) is 6.90. The Balaban J connectivity index is 0.000000205. The number of benzene rings is 4. The van der Waals surface area contributed by atoms with E-state index in [4.69, 9.17) is 9.40 Å². The predicted molar refractivity (Wildman–Crippen MR) is 164 cm³/mol. The van der Waals surface area contributed by atoms with E-state index in [9.17, 15) is 0 Å². The number of para-hydroxylation sites is 2. The molecule has 0 aliphatic rings. The summed E-state index contributed by atoms with van der Waals surface area (Å²) < 4.78 is 8.40. The average Bonchev–Trinajstić information content (AvgIpc) is 3.61. The Hall–Kier alpha value is -4.90. The van der Waals surface area contributed by atoms with Crippen molar-refractivity contribution in [3.05, 3.63) is 145 Å². The zero-order valence-corrected chi connectivity index (χ0v) is 25.0. The maximum Gasteiger partial charge on any atom is 0.120 e. The van der Waals surface area contributed by atoms with Gasteiger partial charge < -0.3 is 14.0 Å². The number of aromatic nitrogens is 4. The fourth-order valence-electron chi connectivity index (χ4n) is 5.02. The van der Waals surface area contributed by atoms with Crippen LogP contribution in [0.25, 0.3) is 61.3 Å². The van der Waals surface area contributed by atoms with Gasteiger partial charge in [0.1, 0.15) is 5.58 Å². The van der Waals surface area contributed by atoms with Gasteiger partial charge in [0.25, 0.3) is 0 Å². The molecule has 0 atom stereocenters. The van der Waals surface area contributed by atoms with Crippen LogP contribution in [0, 0.1) is 19.1 Å². The molecule has 1 radical (unpaired) electrons. The van der Waals surface area contributed by atoms with Crippen LogP contribution < -0.4 is 0 Å². The van der Waals surface area contributed by atoms with Gasteiger partial charge in [0, 0.05) is 43.1 Å². The van der Waals surface area contributed by atoms with E-state index in [-0.39, 0.29) is 20.1 Å². The van der Waals surface area contributed by atoms with E-state index in [0.29, 0.717) is 0 Å². The molecule has 0 amide bonds. The fraction of sp³-hybridized carbons (Fsp3) is 0.0278. The molecular formula is C36H24IrN4O-2. The molecular weight excluding hydrogens is 697 g/mol. The van der Waals surface area contributed by atoms with Gasteiger partial charge in [0.15, 0.2) is 0 Å². The van der Waals surface area contributed by atoms with Crippen LogP contribution in [0.15, 0.2) is 132 Å². The van der Waals surface area contributed by atoms with Gasteiger partial charge in [-0.25, -0.2) is 0 Å². The molecule has 6 heteroatoms. The number of rotatable bonds is 3. The first-order valence-electron chi connectivity index (χ1n) is 13.4. The second-order valence-corrected chi connectivity index (χ2v) is 9.61. The summed E-state index contributed by atoms with van der Waals surface area (Å²) in [6.45, 7) is 1.99. The molecule has 4 heterocycles. The van der Waals surface area contributed by atoms with Crippen molar-refractivity contribution >= 4 is 33.0 Å². The van der Waals surface area contributed by atoms with Crippen LogP contribution >= 0.6 is 0 Å². The zero-order chi connectivity index (χ0) is 27.6. The summed E-state index contributed by atoms with van der Waals surface area (Å²) in [7, 11) is 0. The molecule has 4 aromatic heterocycles. The Morgan fingerprint density at radius 2 is 1.55 bits per heavy atom. The van der Waals surface area contributed by atoms with Crippen LogP contribution in [0.3, 0.4) is 0 Å². The summed E-state index contributed by atoms with van der Waals surface area (Å²) in [5, 5.41) is 2.16. The van der Waals surface area contributed by atoms with Gasteiger partial charge in [-0.05, 0) is 42.9 Å². The van der Waals surface area contributed by atoms with Crippen LogP contribution in [0.2, 0.25) is 0 Å². The molecule has 0 N–H and O–H groups in total. The molecule has 0 aliphatic heterocycles. The minimum absolute atomic E-state index is 0. The summed E-state index contributed by atoms with van der Waals surface area (Å²) in [5.41, 5.74) is 8.36. The van der Waals surface area contributed by atoms with Gasteiger partial charge in [-0.2, -0.15) is 0 Å². The summed E-state index contributed by atoms with van der Waals surface area (Å²) in [5.74, 6) is 0.795. The molecule has 0 bridgehead atoms. The number of hydrogen-bond acceptors (Lipinski definition) is 4. The molecule has 8 aromatic rings. The number of hydrogen-bond donors (Lipinski definition) is 0. The van der Waals surface area contributed by atoms with E-state index >= 15 is 0 Å². The Morgan fingerprint density at radius 3 is 2.36 bits per heavy atom. The van der Waals surface area contributed by atoms with E-state index in [1.165, 1.54) is 0 Å². The molecule has 5 nitrogen and oxygen atoms in total. The van der Waals surface area contributed by atoms with Gasteiger partial charge in [-0.1, -0.05) is 59.5 Å². The predicted octanol–water partition coefficient (Wildman–Crippen LogP) is 8.64. The van der Waals surface area contributed by atoms with Crippen molar-refractivity contribution in [1.82, 2.24) is 19.5 Å². The zero-order valence-electron chi connectivity index (χ0n) is 22.7. The van der Waals surface area contributed by atoms with E-state index in [1.54, 1.807) is 6.20 Å². The van der Waals surface area contributed by atoms with Crippen LogP contribution in [-0.4, -0.2) is 19.5 Å². The second kappa shape index (κ2) is 11.9. The van der Waals surface area contributed by atoms with Crippen LogP contribution in [-0.2, 0) is 20.1 Å². The molecule has 0 spiro atoms. The number of fused-ring (bicyclic) bond motifs is 4. The third kappa shape index (κ3) is 5.14. The summed E-state index contributed by atoms with van der Waals surface area (Å²) >= 11 is 0. The summed E-state index contributed by atoms with van der Waals surface area (Å²) in [4.78, 5) is 13.6. The van der Waals surface area contributed by atoms with Crippen LogP contribution in [0.4, 0.5) is 0 Å². The smallest absolute Gasteiger partial charge is 0.120 e. The Kier molecular flexibility index (Phi) is 7.74. The monoisotopic (exact) mass is 721 g/mol. The number of pyridine rings is 2. The topological polar surface area (TPSA) is 56.7 Å². The minimum atomic E-state index is 0. The van der Waals surface area contributed by atoms with Crippen molar-refractivity contribution in [2.45, 2.75) is 6.92 Å². The van der Waals surface area contributed by atoms with Crippen molar-refractivity contribution in [3.63, 3.8) is 0 Å². The fourth-order valence-corrected chi connectivity index (χ4v) is 5.02. The van der Waals surface area contributed by atoms with Crippen molar-refractivity contribution < 1.29 is 24.5 Å². The van der Waals surface area contributed by atoms with E-state index < -0.39 is 0 Å². The normalized spacial score (nSPS) is 10.8. The van der Waals surface area contributed by atoms with Crippen molar-refractivity contribution in [2.24, 2.45) is 0 Å². The van der Waals surface area contributed by atoms with Crippen LogP contribution in [0.1, 0.15) is 5.69 Å². The number of furan rings is 1. The first kappa shape index (κ1) is 27.3. The molecule has 0 saturated carbocycles. The third-order valence-electron chi connectivity index (χ3n) is 6.90. The standard InChI is InChI=1S/C25H16N3O.C11H8N.Ir/c1-16-14-22-21(15-26-16)27-25(28(22)17-8-3-2-4-9-17)20-12-7-11-19-18-10-5-6-13-23(18)29-24(19)20;1-2-6-10(7-3-1)11-8-4-5-9-12-11;/h2-11,13-15H,1H3;1-6,8-9H;/q2*-1;. The Morgan fingerprint density at radius 1 is 0.738 bits per heavy atom.